The first-order valence-electron chi connectivity index (χ1n) is 6.85. The zero-order valence-electron chi connectivity index (χ0n) is 11.8. The van der Waals surface area contributed by atoms with Crippen LogP contribution >= 0.6 is 0 Å². The lowest BCUT2D eigenvalue weighted by Gasteiger charge is -2.12. The molecule has 0 aliphatic heterocycles. The van der Waals surface area contributed by atoms with Gasteiger partial charge in [0.1, 0.15) is 11.5 Å². The third-order valence-corrected chi connectivity index (χ3v) is 3.54. The molecule has 3 rings (SSSR count). The molecule has 106 valence electrons. The highest BCUT2D eigenvalue weighted by molar-refractivity contribution is 5.91. The second-order valence-electron chi connectivity index (χ2n) is 4.87. The highest BCUT2D eigenvalue weighted by Crippen LogP contribution is 2.28. The Kier molecular flexibility index (Phi) is 3.65. The number of ether oxygens (including phenoxy) is 1. The minimum Gasteiger partial charge on any atom is -0.508 e. The van der Waals surface area contributed by atoms with Gasteiger partial charge < -0.3 is 15.2 Å². The zero-order valence-corrected chi connectivity index (χ0v) is 11.8. The summed E-state index contributed by atoms with van der Waals surface area (Å²) in [5, 5.41) is 15.0. The molecule has 0 unspecified atom stereocenters. The van der Waals surface area contributed by atoms with Crippen molar-refractivity contribution in [3.63, 3.8) is 0 Å². The molecule has 21 heavy (non-hydrogen) atoms. The summed E-state index contributed by atoms with van der Waals surface area (Å²) in [5.74, 6) is 1.16. The van der Waals surface area contributed by atoms with Crippen LogP contribution in [-0.2, 0) is 6.54 Å². The van der Waals surface area contributed by atoms with Crippen LogP contribution in [0.4, 0.5) is 5.69 Å². The number of aromatic hydroxyl groups is 1. The van der Waals surface area contributed by atoms with Crippen LogP contribution in [0, 0.1) is 0 Å². The lowest BCUT2D eigenvalue weighted by molar-refractivity contribution is 0.419. The monoisotopic (exact) mass is 279 g/mol. The van der Waals surface area contributed by atoms with Gasteiger partial charge in [0.05, 0.1) is 7.11 Å². The number of benzene rings is 3. The molecule has 0 radical (unpaired) electrons. The summed E-state index contributed by atoms with van der Waals surface area (Å²) >= 11 is 0. The van der Waals surface area contributed by atoms with Crippen LogP contribution < -0.4 is 10.1 Å². The standard InChI is InChI=1S/C18H17NO2/c1-21-18-11-6-13(16-4-2-3-5-17(16)18)12-19-14-7-9-15(20)10-8-14/h2-11,19-20H,12H2,1H3. The van der Waals surface area contributed by atoms with E-state index in [1.54, 1.807) is 19.2 Å². The average Bonchev–Trinajstić information content (AvgIpc) is 2.54. The number of nitrogens with one attached hydrogen (secondary N) is 1. The Bertz CT molecular complexity index is 751. The molecule has 0 atom stereocenters. The fourth-order valence-electron chi connectivity index (χ4n) is 2.44. The third kappa shape index (κ3) is 2.77. The van der Waals surface area contributed by atoms with Crippen LogP contribution in [-0.4, -0.2) is 12.2 Å². The fraction of sp³-hybridized carbons (Fsp3) is 0.111. The van der Waals surface area contributed by atoms with Crippen molar-refractivity contribution in [3.05, 3.63) is 66.2 Å². The van der Waals surface area contributed by atoms with Gasteiger partial charge >= 0.3 is 0 Å². The number of hydrogen-bond acceptors (Lipinski definition) is 3. The molecule has 0 bridgehead atoms. The summed E-state index contributed by atoms with van der Waals surface area (Å²) < 4.78 is 5.41. The maximum Gasteiger partial charge on any atom is 0.126 e. The topological polar surface area (TPSA) is 41.5 Å². The maximum absolute atomic E-state index is 9.30. The molecule has 0 aromatic heterocycles. The molecule has 3 aromatic carbocycles. The normalized spacial score (nSPS) is 10.5. The van der Waals surface area contributed by atoms with Gasteiger partial charge in [-0.3, -0.25) is 0 Å². The number of rotatable bonds is 4. The molecule has 0 saturated carbocycles. The second-order valence-corrected chi connectivity index (χ2v) is 4.87. The van der Waals surface area contributed by atoms with Crippen molar-refractivity contribution in [2.75, 3.05) is 12.4 Å². The van der Waals surface area contributed by atoms with E-state index in [1.165, 1.54) is 10.9 Å². The SMILES string of the molecule is COc1ccc(CNc2ccc(O)cc2)c2ccccc12. The molecule has 3 heteroatoms. The number of phenols is 1. The molecule has 0 spiro atoms. The van der Waals surface area contributed by atoms with Crippen molar-refractivity contribution < 1.29 is 9.84 Å². The van der Waals surface area contributed by atoms with Crippen molar-refractivity contribution in [1.82, 2.24) is 0 Å². The Morgan fingerprint density at radius 2 is 1.62 bits per heavy atom. The van der Waals surface area contributed by atoms with E-state index < -0.39 is 0 Å². The lowest BCUT2D eigenvalue weighted by atomic mass is 10.0. The van der Waals surface area contributed by atoms with Gasteiger partial charge in [0.2, 0.25) is 0 Å². The lowest BCUT2D eigenvalue weighted by Crippen LogP contribution is -2.00. The summed E-state index contributed by atoms with van der Waals surface area (Å²) in [6.07, 6.45) is 0. The van der Waals surface area contributed by atoms with Gasteiger partial charge in [0.15, 0.2) is 0 Å². The van der Waals surface area contributed by atoms with Crippen LogP contribution in [0.1, 0.15) is 5.56 Å². The van der Waals surface area contributed by atoms with Gasteiger partial charge in [-0.2, -0.15) is 0 Å². The van der Waals surface area contributed by atoms with Crippen molar-refractivity contribution in [1.29, 1.82) is 0 Å². The predicted molar refractivity (Wildman–Crippen MR) is 85.9 cm³/mol. The largest absolute Gasteiger partial charge is 0.508 e. The van der Waals surface area contributed by atoms with E-state index in [0.29, 0.717) is 0 Å². The molecule has 0 saturated heterocycles. The van der Waals surface area contributed by atoms with E-state index in [1.807, 2.05) is 30.3 Å². The maximum atomic E-state index is 9.30. The highest BCUT2D eigenvalue weighted by atomic mass is 16.5. The zero-order chi connectivity index (χ0) is 14.7. The molecule has 0 amide bonds. The van der Waals surface area contributed by atoms with Crippen LogP contribution in [0.25, 0.3) is 10.8 Å². The Labute approximate surface area is 123 Å². The number of hydrogen-bond donors (Lipinski definition) is 2. The van der Waals surface area contributed by atoms with Crippen LogP contribution in [0.2, 0.25) is 0 Å². The summed E-state index contributed by atoms with van der Waals surface area (Å²) in [6, 6.07) is 19.4. The van der Waals surface area contributed by atoms with E-state index in [4.69, 9.17) is 4.74 Å². The van der Waals surface area contributed by atoms with Gasteiger partial charge in [0.25, 0.3) is 0 Å². The third-order valence-electron chi connectivity index (χ3n) is 3.54. The van der Waals surface area contributed by atoms with Crippen molar-refractivity contribution in [2.45, 2.75) is 6.54 Å². The fourth-order valence-corrected chi connectivity index (χ4v) is 2.44. The molecular formula is C18H17NO2. The summed E-state index contributed by atoms with van der Waals surface area (Å²) in [4.78, 5) is 0. The first-order valence-corrected chi connectivity index (χ1v) is 6.85. The number of fused-ring (bicyclic) bond motifs is 1. The van der Waals surface area contributed by atoms with E-state index in [2.05, 4.69) is 23.5 Å². The smallest absolute Gasteiger partial charge is 0.126 e. The predicted octanol–water partition coefficient (Wildman–Crippen LogP) is 4.17. The second kappa shape index (κ2) is 5.75. The quantitative estimate of drug-likeness (QED) is 0.704. The molecule has 3 nitrogen and oxygen atoms in total. The van der Waals surface area contributed by atoms with E-state index in [-0.39, 0.29) is 5.75 Å². The molecular weight excluding hydrogens is 262 g/mol. The van der Waals surface area contributed by atoms with Crippen LogP contribution in [0.3, 0.4) is 0 Å². The van der Waals surface area contributed by atoms with E-state index >= 15 is 0 Å². The molecule has 0 aliphatic rings. The molecule has 3 aromatic rings. The van der Waals surface area contributed by atoms with E-state index in [9.17, 15) is 5.11 Å². The van der Waals surface area contributed by atoms with Crippen molar-refractivity contribution in [2.24, 2.45) is 0 Å². The molecule has 0 fully saturated rings. The number of anilines is 1. The summed E-state index contributed by atoms with van der Waals surface area (Å²) in [5.41, 5.74) is 2.19. The Morgan fingerprint density at radius 3 is 2.33 bits per heavy atom. The van der Waals surface area contributed by atoms with Gasteiger partial charge in [-0.15, -0.1) is 0 Å². The summed E-state index contributed by atoms with van der Waals surface area (Å²) in [6.45, 7) is 0.718. The summed E-state index contributed by atoms with van der Waals surface area (Å²) in [7, 11) is 1.69. The van der Waals surface area contributed by atoms with Gasteiger partial charge in [-0.05, 0) is 41.3 Å². The highest BCUT2D eigenvalue weighted by Gasteiger charge is 2.05. The first-order chi connectivity index (χ1) is 10.3. The van der Waals surface area contributed by atoms with Crippen molar-refractivity contribution >= 4 is 16.5 Å². The minimum absolute atomic E-state index is 0.274. The molecule has 0 aliphatic carbocycles. The average molecular weight is 279 g/mol. The first kappa shape index (κ1) is 13.3. The Morgan fingerprint density at radius 1 is 0.905 bits per heavy atom. The minimum atomic E-state index is 0.274. The van der Waals surface area contributed by atoms with E-state index in [0.717, 1.165) is 23.4 Å². The van der Waals surface area contributed by atoms with Gasteiger partial charge in [0, 0.05) is 17.6 Å². The van der Waals surface area contributed by atoms with Crippen LogP contribution in [0.5, 0.6) is 11.5 Å². The Balaban J connectivity index is 1.89. The van der Waals surface area contributed by atoms with Gasteiger partial charge in [-0.1, -0.05) is 30.3 Å². The Hall–Kier alpha value is -2.68. The molecule has 0 heterocycles. The number of phenolic OH excluding ortho intramolecular Hbond substituents is 1. The number of methoxy groups -OCH3 is 1. The van der Waals surface area contributed by atoms with Crippen LogP contribution in [0.15, 0.2) is 60.7 Å². The molecule has 2 N–H and O–H groups in total. The van der Waals surface area contributed by atoms with Crippen molar-refractivity contribution in [3.8, 4) is 11.5 Å². The van der Waals surface area contributed by atoms with Gasteiger partial charge in [-0.25, -0.2) is 0 Å².